The Morgan fingerprint density at radius 3 is 2.76 bits per heavy atom. The number of nitrogens with two attached hydrogens (primary N) is 1. The van der Waals surface area contributed by atoms with Gasteiger partial charge in [-0.05, 0) is 25.7 Å². The second-order valence-corrected chi connectivity index (χ2v) is 5.11. The fourth-order valence-electron chi connectivity index (χ4n) is 1.83. The summed E-state index contributed by atoms with van der Waals surface area (Å²) in [5.74, 6) is -0.114. The van der Waals surface area contributed by atoms with E-state index in [4.69, 9.17) is 10.8 Å². The minimum absolute atomic E-state index is 0.0920. The number of aliphatic hydroxyl groups is 1. The van der Waals surface area contributed by atoms with Gasteiger partial charge in [-0.3, -0.25) is 4.79 Å². The Kier molecular flexibility index (Phi) is 3.90. The van der Waals surface area contributed by atoms with Crippen LogP contribution in [-0.2, 0) is 0 Å². The van der Waals surface area contributed by atoms with Crippen LogP contribution in [0.5, 0.6) is 0 Å². The molecule has 0 unspecified atom stereocenters. The summed E-state index contributed by atoms with van der Waals surface area (Å²) in [6.07, 6.45) is 3.82. The molecule has 0 spiro atoms. The molecule has 1 aromatic rings. The maximum absolute atomic E-state index is 12.2. The van der Waals surface area contributed by atoms with E-state index in [-0.39, 0.29) is 12.5 Å². The van der Waals surface area contributed by atoms with E-state index in [0.29, 0.717) is 29.1 Å². The van der Waals surface area contributed by atoms with Gasteiger partial charge in [-0.15, -0.1) is 10.2 Å². The molecule has 1 aliphatic rings. The average Bonchev–Trinajstić information content (AvgIpc) is 2.67. The number of aromatic nitrogens is 2. The summed E-state index contributed by atoms with van der Waals surface area (Å²) in [5.41, 5.74) is 5.47. The molecule has 1 saturated carbocycles. The summed E-state index contributed by atoms with van der Waals surface area (Å²) < 4.78 is 0. The fraction of sp³-hybridized carbons (Fsp3) is 0.700. The third-order valence-corrected chi connectivity index (χ3v) is 3.70. The summed E-state index contributed by atoms with van der Waals surface area (Å²) in [6, 6.07) is 0.291. The van der Waals surface area contributed by atoms with Crippen molar-refractivity contribution in [3.63, 3.8) is 0 Å². The van der Waals surface area contributed by atoms with E-state index in [9.17, 15) is 4.79 Å². The first-order chi connectivity index (χ1) is 8.22. The number of carbonyl (C=O) groups is 1. The van der Waals surface area contributed by atoms with E-state index >= 15 is 0 Å². The van der Waals surface area contributed by atoms with Crippen LogP contribution in [0.25, 0.3) is 0 Å². The molecule has 1 aromatic heterocycles. The Balaban J connectivity index is 2.06. The van der Waals surface area contributed by atoms with Gasteiger partial charge in [0.25, 0.3) is 5.91 Å². The highest BCUT2D eigenvalue weighted by atomic mass is 32.1. The van der Waals surface area contributed by atoms with Crippen LogP contribution in [0.1, 0.15) is 35.5 Å². The van der Waals surface area contributed by atoms with Gasteiger partial charge in [0.2, 0.25) is 10.1 Å². The van der Waals surface area contributed by atoms with E-state index in [2.05, 4.69) is 10.2 Å². The number of hydrogen-bond donors (Lipinski definition) is 2. The van der Waals surface area contributed by atoms with Crippen LogP contribution in [0.15, 0.2) is 0 Å². The largest absolute Gasteiger partial charge is 0.396 e. The molecule has 7 heteroatoms. The van der Waals surface area contributed by atoms with Gasteiger partial charge >= 0.3 is 0 Å². The predicted molar refractivity (Wildman–Crippen MR) is 64.7 cm³/mol. The normalized spacial score (nSPS) is 15.6. The van der Waals surface area contributed by atoms with Gasteiger partial charge in [-0.1, -0.05) is 11.3 Å². The van der Waals surface area contributed by atoms with Crippen molar-refractivity contribution in [3.8, 4) is 0 Å². The minimum Gasteiger partial charge on any atom is -0.396 e. The standard InChI is InChI=1S/C10H16N4O2S/c11-10-13-12-8(17-10)9(16)14(5-2-6-15)7-3-1-4-7/h7,15H,1-6H2,(H2,11,13). The van der Waals surface area contributed by atoms with Gasteiger partial charge in [-0.2, -0.15) is 0 Å². The minimum atomic E-state index is -0.114. The second-order valence-electron chi connectivity index (χ2n) is 4.11. The van der Waals surface area contributed by atoms with Crippen LogP contribution in [0, 0.1) is 0 Å². The number of carbonyl (C=O) groups excluding carboxylic acids is 1. The zero-order valence-electron chi connectivity index (χ0n) is 9.50. The highest BCUT2D eigenvalue weighted by molar-refractivity contribution is 7.16. The molecule has 0 bridgehead atoms. The van der Waals surface area contributed by atoms with E-state index in [1.54, 1.807) is 4.90 Å². The van der Waals surface area contributed by atoms with E-state index in [1.165, 1.54) is 0 Å². The highest BCUT2D eigenvalue weighted by Crippen LogP contribution is 2.27. The number of nitrogens with zero attached hydrogens (tertiary/aromatic N) is 3. The number of nitrogen functional groups attached to an aromatic ring is 1. The molecule has 1 amide bonds. The molecule has 0 radical (unpaired) electrons. The topological polar surface area (TPSA) is 92.3 Å². The lowest BCUT2D eigenvalue weighted by Gasteiger charge is -2.37. The summed E-state index contributed by atoms with van der Waals surface area (Å²) in [7, 11) is 0. The molecule has 0 aromatic carbocycles. The van der Waals surface area contributed by atoms with E-state index < -0.39 is 0 Å². The first-order valence-electron chi connectivity index (χ1n) is 5.73. The molecule has 2 rings (SSSR count). The van der Waals surface area contributed by atoms with Crippen LogP contribution < -0.4 is 5.73 Å². The SMILES string of the molecule is Nc1nnc(C(=O)N(CCCO)C2CCC2)s1. The molecule has 1 fully saturated rings. The smallest absolute Gasteiger partial charge is 0.285 e. The summed E-state index contributed by atoms with van der Waals surface area (Å²) in [6.45, 7) is 0.661. The quantitative estimate of drug-likeness (QED) is 0.800. The lowest BCUT2D eigenvalue weighted by atomic mass is 9.91. The Morgan fingerprint density at radius 2 is 2.29 bits per heavy atom. The first kappa shape index (κ1) is 12.3. The molecule has 0 atom stereocenters. The summed E-state index contributed by atoms with van der Waals surface area (Å²) in [4.78, 5) is 14.0. The first-order valence-corrected chi connectivity index (χ1v) is 6.55. The molecule has 1 aliphatic carbocycles. The van der Waals surface area contributed by atoms with Gasteiger partial charge in [0.15, 0.2) is 0 Å². The zero-order chi connectivity index (χ0) is 12.3. The molecule has 6 nitrogen and oxygen atoms in total. The van der Waals surface area contributed by atoms with Crippen molar-refractivity contribution in [1.82, 2.24) is 15.1 Å². The van der Waals surface area contributed by atoms with Crippen LogP contribution >= 0.6 is 11.3 Å². The molecule has 94 valence electrons. The van der Waals surface area contributed by atoms with Crippen molar-refractivity contribution in [2.45, 2.75) is 31.7 Å². The Bertz CT molecular complexity index is 391. The maximum Gasteiger partial charge on any atom is 0.285 e. The lowest BCUT2D eigenvalue weighted by molar-refractivity contribution is 0.0561. The average molecular weight is 256 g/mol. The molecule has 0 saturated heterocycles. The number of aliphatic hydroxyl groups excluding tert-OH is 1. The van der Waals surface area contributed by atoms with Crippen LogP contribution in [0.4, 0.5) is 5.13 Å². The number of anilines is 1. The molecule has 0 aliphatic heterocycles. The lowest BCUT2D eigenvalue weighted by Crippen LogP contribution is -2.44. The van der Waals surface area contributed by atoms with Gasteiger partial charge in [0, 0.05) is 19.2 Å². The molecule has 17 heavy (non-hydrogen) atoms. The van der Waals surface area contributed by atoms with Gasteiger partial charge in [-0.25, -0.2) is 0 Å². The van der Waals surface area contributed by atoms with Crippen molar-refractivity contribution >= 4 is 22.4 Å². The number of amides is 1. The molecule has 3 N–H and O–H groups in total. The van der Waals surface area contributed by atoms with Crippen molar-refractivity contribution in [1.29, 1.82) is 0 Å². The van der Waals surface area contributed by atoms with Crippen molar-refractivity contribution in [3.05, 3.63) is 5.01 Å². The van der Waals surface area contributed by atoms with Crippen LogP contribution in [-0.4, -0.2) is 45.3 Å². The van der Waals surface area contributed by atoms with Crippen LogP contribution in [0.2, 0.25) is 0 Å². The third kappa shape index (κ3) is 2.73. The maximum atomic E-state index is 12.2. The van der Waals surface area contributed by atoms with Gasteiger partial charge in [0.05, 0.1) is 0 Å². The monoisotopic (exact) mass is 256 g/mol. The van der Waals surface area contributed by atoms with Gasteiger partial charge in [0.1, 0.15) is 0 Å². The summed E-state index contributed by atoms with van der Waals surface area (Å²) >= 11 is 1.11. The molecular weight excluding hydrogens is 240 g/mol. The Labute approximate surface area is 103 Å². The molecule has 1 heterocycles. The fourth-order valence-corrected chi connectivity index (χ4v) is 2.40. The molecular formula is C10H16N4O2S. The van der Waals surface area contributed by atoms with E-state index in [0.717, 1.165) is 30.6 Å². The Morgan fingerprint density at radius 1 is 1.53 bits per heavy atom. The third-order valence-electron chi connectivity index (χ3n) is 2.96. The van der Waals surface area contributed by atoms with Gasteiger partial charge < -0.3 is 15.7 Å². The number of hydrogen-bond acceptors (Lipinski definition) is 6. The zero-order valence-corrected chi connectivity index (χ0v) is 10.3. The van der Waals surface area contributed by atoms with Crippen molar-refractivity contribution < 1.29 is 9.90 Å². The second kappa shape index (κ2) is 5.42. The predicted octanol–water partition coefficient (Wildman–Crippen LogP) is 0.497. The van der Waals surface area contributed by atoms with Crippen molar-refractivity contribution in [2.75, 3.05) is 18.9 Å². The Hall–Kier alpha value is -1.21. The summed E-state index contributed by atoms with van der Waals surface area (Å²) in [5, 5.41) is 16.9. The number of rotatable bonds is 5. The van der Waals surface area contributed by atoms with Crippen LogP contribution in [0.3, 0.4) is 0 Å². The van der Waals surface area contributed by atoms with E-state index in [1.807, 2.05) is 0 Å². The highest BCUT2D eigenvalue weighted by Gasteiger charge is 2.30. The van der Waals surface area contributed by atoms with Crippen molar-refractivity contribution in [2.24, 2.45) is 0 Å².